The molecule has 156 valence electrons. The minimum absolute atomic E-state index is 0.0970. The number of hydrogen-bond acceptors (Lipinski definition) is 5. The van der Waals surface area contributed by atoms with E-state index in [4.69, 9.17) is 14.2 Å². The Hall–Kier alpha value is -3.06. The third-order valence-corrected chi connectivity index (χ3v) is 4.17. The van der Waals surface area contributed by atoms with Crippen LogP contribution in [0.3, 0.4) is 0 Å². The van der Waals surface area contributed by atoms with Crippen LogP contribution in [0, 0.1) is 0 Å². The van der Waals surface area contributed by atoms with Crippen LogP contribution in [0.5, 0.6) is 11.5 Å². The summed E-state index contributed by atoms with van der Waals surface area (Å²) in [5.74, 6) is 0.808. The zero-order valence-corrected chi connectivity index (χ0v) is 17.4. The molecule has 1 atom stereocenters. The molecular weight excluding hydrogens is 372 g/mol. The number of amides is 1. The van der Waals surface area contributed by atoms with Crippen molar-refractivity contribution in [3.8, 4) is 11.5 Å². The van der Waals surface area contributed by atoms with Crippen LogP contribution in [0.15, 0.2) is 42.5 Å². The van der Waals surface area contributed by atoms with Gasteiger partial charge in [0.05, 0.1) is 32.9 Å². The SMILES string of the molecule is CCOc1ccc(NC(=O)C[NH+](C)Cc2ccc(C(=O)OC)cc2)cc1OCC. The van der Waals surface area contributed by atoms with Crippen molar-refractivity contribution in [3.63, 3.8) is 0 Å². The Labute approximate surface area is 171 Å². The number of methoxy groups -OCH3 is 1. The first-order valence-corrected chi connectivity index (χ1v) is 9.64. The summed E-state index contributed by atoms with van der Waals surface area (Å²) in [6.07, 6.45) is 0. The zero-order valence-electron chi connectivity index (χ0n) is 17.4. The van der Waals surface area contributed by atoms with E-state index in [2.05, 4.69) is 5.32 Å². The lowest BCUT2D eigenvalue weighted by Gasteiger charge is -2.15. The van der Waals surface area contributed by atoms with E-state index in [-0.39, 0.29) is 11.9 Å². The van der Waals surface area contributed by atoms with Crippen LogP contribution in [-0.4, -0.2) is 45.8 Å². The Morgan fingerprint density at radius 1 is 0.966 bits per heavy atom. The van der Waals surface area contributed by atoms with E-state index in [1.807, 2.05) is 33.0 Å². The second kappa shape index (κ2) is 11.1. The largest absolute Gasteiger partial charge is 0.490 e. The van der Waals surface area contributed by atoms with E-state index in [0.29, 0.717) is 49.1 Å². The molecule has 0 heterocycles. The van der Waals surface area contributed by atoms with E-state index < -0.39 is 0 Å². The highest BCUT2D eigenvalue weighted by atomic mass is 16.5. The number of nitrogens with one attached hydrogen (secondary N) is 2. The standard InChI is InChI=1S/C22H28N2O5/c1-5-28-19-12-11-18(13-20(19)29-6-2)23-21(25)15-24(3)14-16-7-9-17(10-8-16)22(26)27-4/h7-13H,5-6,14-15H2,1-4H3,(H,23,25)/p+1. The topological polar surface area (TPSA) is 78.3 Å². The maximum absolute atomic E-state index is 12.4. The summed E-state index contributed by atoms with van der Waals surface area (Å²) in [4.78, 5) is 24.9. The highest BCUT2D eigenvalue weighted by Crippen LogP contribution is 2.30. The Balaban J connectivity index is 1.92. The van der Waals surface area contributed by atoms with Crippen molar-refractivity contribution in [1.82, 2.24) is 0 Å². The van der Waals surface area contributed by atoms with Gasteiger partial charge in [0.15, 0.2) is 18.0 Å². The van der Waals surface area contributed by atoms with Crippen molar-refractivity contribution in [1.29, 1.82) is 0 Å². The Bertz CT molecular complexity index is 820. The first kappa shape index (κ1) is 22.2. The first-order chi connectivity index (χ1) is 14.0. The molecule has 0 radical (unpaired) electrons. The van der Waals surface area contributed by atoms with Gasteiger partial charge in [-0.25, -0.2) is 4.79 Å². The number of likely N-dealkylation sites (N-methyl/N-ethyl adjacent to an activating group) is 1. The normalized spacial score (nSPS) is 11.4. The smallest absolute Gasteiger partial charge is 0.337 e. The highest BCUT2D eigenvalue weighted by Gasteiger charge is 2.13. The van der Waals surface area contributed by atoms with Gasteiger partial charge in [-0.1, -0.05) is 12.1 Å². The van der Waals surface area contributed by atoms with Crippen LogP contribution in [0.1, 0.15) is 29.8 Å². The fourth-order valence-electron chi connectivity index (χ4n) is 2.90. The number of ether oxygens (including phenoxy) is 3. The second-order valence-electron chi connectivity index (χ2n) is 6.57. The molecule has 2 rings (SSSR count). The highest BCUT2D eigenvalue weighted by molar-refractivity contribution is 5.91. The molecule has 7 nitrogen and oxygen atoms in total. The average molecular weight is 401 g/mol. The summed E-state index contributed by atoms with van der Waals surface area (Å²) in [6.45, 7) is 5.82. The third kappa shape index (κ3) is 6.80. The number of anilines is 1. The summed E-state index contributed by atoms with van der Waals surface area (Å²) >= 11 is 0. The van der Waals surface area contributed by atoms with Crippen molar-refractivity contribution in [3.05, 3.63) is 53.6 Å². The van der Waals surface area contributed by atoms with Gasteiger partial charge in [-0.15, -0.1) is 0 Å². The number of rotatable bonds is 10. The van der Waals surface area contributed by atoms with Gasteiger partial charge in [0.2, 0.25) is 0 Å². The quantitative estimate of drug-likeness (QED) is 0.595. The molecule has 0 aliphatic heterocycles. The lowest BCUT2D eigenvalue weighted by atomic mass is 10.1. The molecule has 1 amide bonds. The molecule has 0 spiro atoms. The number of carbonyl (C=O) groups excluding carboxylic acids is 2. The first-order valence-electron chi connectivity index (χ1n) is 9.64. The number of carbonyl (C=O) groups is 2. The lowest BCUT2D eigenvalue weighted by molar-refractivity contribution is -0.885. The number of quaternary nitrogens is 1. The fourth-order valence-corrected chi connectivity index (χ4v) is 2.90. The van der Waals surface area contributed by atoms with Crippen molar-refractivity contribution in [2.75, 3.05) is 39.2 Å². The van der Waals surface area contributed by atoms with Gasteiger partial charge in [0, 0.05) is 17.3 Å². The molecule has 0 fully saturated rings. The minimum Gasteiger partial charge on any atom is -0.490 e. The lowest BCUT2D eigenvalue weighted by Crippen LogP contribution is -3.08. The summed E-state index contributed by atoms with van der Waals surface area (Å²) < 4.78 is 15.8. The molecule has 1 unspecified atom stereocenters. The van der Waals surface area contributed by atoms with E-state index in [0.717, 1.165) is 10.5 Å². The van der Waals surface area contributed by atoms with Crippen molar-refractivity contribution in [2.45, 2.75) is 20.4 Å². The van der Waals surface area contributed by atoms with Crippen molar-refractivity contribution in [2.24, 2.45) is 0 Å². The van der Waals surface area contributed by atoms with Crippen LogP contribution in [0.25, 0.3) is 0 Å². The van der Waals surface area contributed by atoms with Gasteiger partial charge in [-0.2, -0.15) is 0 Å². The summed E-state index contributed by atoms with van der Waals surface area (Å²) in [5.41, 5.74) is 2.20. The monoisotopic (exact) mass is 401 g/mol. The molecular formula is C22H29N2O5+. The van der Waals surface area contributed by atoms with Gasteiger partial charge in [0.25, 0.3) is 5.91 Å². The van der Waals surface area contributed by atoms with E-state index in [9.17, 15) is 9.59 Å². The molecule has 0 bridgehead atoms. The second-order valence-corrected chi connectivity index (χ2v) is 6.57. The van der Waals surface area contributed by atoms with Crippen molar-refractivity contribution >= 4 is 17.6 Å². The molecule has 2 aromatic carbocycles. The molecule has 0 aliphatic rings. The van der Waals surface area contributed by atoms with Crippen LogP contribution < -0.4 is 19.7 Å². The summed E-state index contributed by atoms with van der Waals surface area (Å²) in [7, 11) is 3.30. The van der Waals surface area contributed by atoms with Gasteiger partial charge in [-0.3, -0.25) is 4.79 Å². The maximum atomic E-state index is 12.4. The van der Waals surface area contributed by atoms with Crippen molar-refractivity contribution < 1.29 is 28.7 Å². The van der Waals surface area contributed by atoms with Crippen LogP contribution in [0.2, 0.25) is 0 Å². The van der Waals surface area contributed by atoms with Crippen LogP contribution >= 0.6 is 0 Å². The average Bonchev–Trinajstić information content (AvgIpc) is 2.70. The maximum Gasteiger partial charge on any atom is 0.337 e. The molecule has 0 aliphatic carbocycles. The number of hydrogen-bond donors (Lipinski definition) is 2. The number of benzene rings is 2. The van der Waals surface area contributed by atoms with Crippen LogP contribution in [-0.2, 0) is 16.1 Å². The van der Waals surface area contributed by atoms with Gasteiger partial charge >= 0.3 is 5.97 Å². The zero-order chi connectivity index (χ0) is 21.2. The molecule has 2 aromatic rings. The van der Waals surface area contributed by atoms with Gasteiger partial charge in [-0.05, 0) is 38.1 Å². The van der Waals surface area contributed by atoms with E-state index >= 15 is 0 Å². The predicted octanol–water partition coefficient (Wildman–Crippen LogP) is 1.92. The van der Waals surface area contributed by atoms with Gasteiger partial charge < -0.3 is 24.4 Å². The minimum atomic E-state index is -0.363. The molecule has 0 saturated heterocycles. The summed E-state index contributed by atoms with van der Waals surface area (Å²) in [5, 5.41) is 2.90. The fraction of sp³-hybridized carbons (Fsp3) is 0.364. The molecule has 0 aromatic heterocycles. The molecule has 2 N–H and O–H groups in total. The Kier molecular flexibility index (Phi) is 8.48. The summed E-state index contributed by atoms with van der Waals surface area (Å²) in [6, 6.07) is 12.6. The number of esters is 1. The molecule has 7 heteroatoms. The predicted molar refractivity (Wildman–Crippen MR) is 111 cm³/mol. The molecule has 0 saturated carbocycles. The van der Waals surface area contributed by atoms with E-state index in [1.165, 1.54) is 7.11 Å². The van der Waals surface area contributed by atoms with Gasteiger partial charge in [0.1, 0.15) is 6.54 Å². The van der Waals surface area contributed by atoms with Crippen LogP contribution in [0.4, 0.5) is 5.69 Å². The third-order valence-electron chi connectivity index (χ3n) is 4.17. The Morgan fingerprint density at radius 3 is 2.24 bits per heavy atom. The molecule has 29 heavy (non-hydrogen) atoms. The Morgan fingerprint density at radius 2 is 1.62 bits per heavy atom. The van der Waals surface area contributed by atoms with E-state index in [1.54, 1.807) is 30.3 Å².